The molecule has 1 unspecified atom stereocenters. The van der Waals surface area contributed by atoms with Gasteiger partial charge in [-0.1, -0.05) is 51.1 Å². The monoisotopic (exact) mass is 219 g/mol. The molecule has 1 atom stereocenters. The molecule has 0 spiro atoms. The van der Waals surface area contributed by atoms with Crippen LogP contribution in [0, 0.1) is 11.3 Å². The van der Waals surface area contributed by atoms with Crippen molar-refractivity contribution in [1.29, 1.82) is 0 Å². The third-order valence-corrected chi connectivity index (χ3v) is 3.37. The highest BCUT2D eigenvalue weighted by Crippen LogP contribution is 2.29. The standard InChI is InChI=1S/C15H25N/c1-15(2,3)14(12-16)11-7-10-13-8-5-4-6-9-13/h4-6,8-9,14H,7,10-12,16H2,1-3H3. The van der Waals surface area contributed by atoms with E-state index in [1.807, 2.05) is 0 Å². The maximum Gasteiger partial charge on any atom is -0.00439 e. The molecule has 0 heterocycles. The van der Waals surface area contributed by atoms with Crippen molar-refractivity contribution in [2.24, 2.45) is 17.1 Å². The summed E-state index contributed by atoms with van der Waals surface area (Å²) >= 11 is 0. The lowest BCUT2D eigenvalue weighted by Crippen LogP contribution is -2.28. The summed E-state index contributed by atoms with van der Waals surface area (Å²) in [5.74, 6) is 0.635. The minimum absolute atomic E-state index is 0.339. The molecule has 0 fully saturated rings. The highest BCUT2D eigenvalue weighted by molar-refractivity contribution is 5.14. The first-order chi connectivity index (χ1) is 7.54. The average molecular weight is 219 g/mol. The molecule has 0 aliphatic carbocycles. The molecule has 0 saturated carbocycles. The number of benzene rings is 1. The highest BCUT2D eigenvalue weighted by Gasteiger charge is 2.22. The van der Waals surface area contributed by atoms with Gasteiger partial charge in [-0.25, -0.2) is 0 Å². The van der Waals surface area contributed by atoms with Crippen LogP contribution >= 0.6 is 0 Å². The summed E-state index contributed by atoms with van der Waals surface area (Å²) in [4.78, 5) is 0. The van der Waals surface area contributed by atoms with Crippen LogP contribution in [0.3, 0.4) is 0 Å². The van der Waals surface area contributed by atoms with Gasteiger partial charge in [0.25, 0.3) is 0 Å². The molecule has 1 aromatic rings. The molecule has 0 aliphatic heterocycles. The van der Waals surface area contributed by atoms with E-state index in [1.54, 1.807) is 0 Å². The predicted octanol–water partition coefficient (Wildman–Crippen LogP) is 3.63. The molecule has 0 aromatic heterocycles. The second-order valence-electron chi connectivity index (χ2n) is 5.68. The molecule has 0 radical (unpaired) electrons. The van der Waals surface area contributed by atoms with Crippen LogP contribution in [0.1, 0.15) is 39.2 Å². The second-order valence-corrected chi connectivity index (χ2v) is 5.68. The van der Waals surface area contributed by atoms with E-state index >= 15 is 0 Å². The lowest BCUT2D eigenvalue weighted by molar-refractivity contribution is 0.229. The zero-order valence-corrected chi connectivity index (χ0v) is 10.9. The van der Waals surface area contributed by atoms with Gasteiger partial charge >= 0.3 is 0 Å². The third kappa shape index (κ3) is 4.36. The first-order valence-corrected chi connectivity index (χ1v) is 6.28. The van der Waals surface area contributed by atoms with Gasteiger partial charge in [0.15, 0.2) is 0 Å². The number of hydrogen-bond donors (Lipinski definition) is 1. The summed E-state index contributed by atoms with van der Waals surface area (Å²) in [5.41, 5.74) is 7.61. The fourth-order valence-electron chi connectivity index (χ4n) is 2.10. The quantitative estimate of drug-likeness (QED) is 0.804. The van der Waals surface area contributed by atoms with E-state index in [4.69, 9.17) is 5.73 Å². The van der Waals surface area contributed by atoms with E-state index < -0.39 is 0 Å². The van der Waals surface area contributed by atoms with Gasteiger partial charge in [0.2, 0.25) is 0 Å². The van der Waals surface area contributed by atoms with Crippen LogP contribution in [-0.4, -0.2) is 6.54 Å². The summed E-state index contributed by atoms with van der Waals surface area (Å²) in [6.45, 7) is 7.66. The zero-order chi connectivity index (χ0) is 12.0. The highest BCUT2D eigenvalue weighted by atomic mass is 14.6. The summed E-state index contributed by atoms with van der Waals surface area (Å²) < 4.78 is 0. The van der Waals surface area contributed by atoms with Crippen LogP contribution < -0.4 is 5.73 Å². The van der Waals surface area contributed by atoms with E-state index in [-0.39, 0.29) is 0 Å². The van der Waals surface area contributed by atoms with Crippen LogP contribution in [0.25, 0.3) is 0 Å². The lowest BCUT2D eigenvalue weighted by Gasteiger charge is -2.29. The smallest absolute Gasteiger partial charge is 0.00439 e. The Hall–Kier alpha value is -0.820. The summed E-state index contributed by atoms with van der Waals surface area (Å²) in [7, 11) is 0. The van der Waals surface area contributed by atoms with E-state index in [2.05, 4.69) is 51.1 Å². The Balaban J connectivity index is 2.35. The Morgan fingerprint density at radius 1 is 1.12 bits per heavy atom. The molecular formula is C15H25N. The van der Waals surface area contributed by atoms with Gasteiger partial charge in [0.1, 0.15) is 0 Å². The van der Waals surface area contributed by atoms with Crippen LogP contribution in [0.2, 0.25) is 0 Å². The Morgan fingerprint density at radius 3 is 2.25 bits per heavy atom. The molecule has 0 bridgehead atoms. The van der Waals surface area contributed by atoms with Gasteiger partial charge in [-0.15, -0.1) is 0 Å². The summed E-state index contributed by atoms with van der Waals surface area (Å²) in [5, 5.41) is 0. The number of rotatable bonds is 5. The fraction of sp³-hybridized carbons (Fsp3) is 0.600. The van der Waals surface area contributed by atoms with Gasteiger partial charge in [-0.05, 0) is 42.7 Å². The minimum atomic E-state index is 0.339. The summed E-state index contributed by atoms with van der Waals surface area (Å²) in [6, 6.07) is 10.7. The molecular weight excluding hydrogens is 194 g/mol. The van der Waals surface area contributed by atoms with Crippen LogP contribution in [0.15, 0.2) is 30.3 Å². The van der Waals surface area contributed by atoms with Crippen molar-refractivity contribution in [1.82, 2.24) is 0 Å². The molecule has 1 nitrogen and oxygen atoms in total. The van der Waals surface area contributed by atoms with E-state index in [1.165, 1.54) is 24.8 Å². The third-order valence-electron chi connectivity index (χ3n) is 3.37. The second kappa shape index (κ2) is 6.05. The SMILES string of the molecule is CC(C)(C)C(CN)CCCc1ccccc1. The maximum atomic E-state index is 5.84. The van der Waals surface area contributed by atoms with Crippen LogP contribution in [0.5, 0.6) is 0 Å². The molecule has 1 heteroatoms. The molecule has 90 valence electrons. The Bertz CT molecular complexity index is 284. The molecule has 0 amide bonds. The van der Waals surface area contributed by atoms with Gasteiger partial charge in [-0.2, -0.15) is 0 Å². The molecule has 0 saturated heterocycles. The van der Waals surface area contributed by atoms with Crippen molar-refractivity contribution in [3.8, 4) is 0 Å². The topological polar surface area (TPSA) is 26.0 Å². The average Bonchev–Trinajstić information content (AvgIpc) is 2.24. The van der Waals surface area contributed by atoms with E-state index in [9.17, 15) is 0 Å². The lowest BCUT2D eigenvalue weighted by atomic mass is 9.78. The first-order valence-electron chi connectivity index (χ1n) is 6.28. The van der Waals surface area contributed by atoms with Crippen molar-refractivity contribution in [3.63, 3.8) is 0 Å². The van der Waals surface area contributed by atoms with Crippen molar-refractivity contribution in [2.45, 2.75) is 40.0 Å². The number of hydrogen-bond acceptors (Lipinski definition) is 1. The normalized spacial score (nSPS) is 13.8. The molecule has 16 heavy (non-hydrogen) atoms. The van der Waals surface area contributed by atoms with Crippen molar-refractivity contribution in [3.05, 3.63) is 35.9 Å². The molecule has 2 N–H and O–H groups in total. The van der Waals surface area contributed by atoms with Gasteiger partial charge in [0.05, 0.1) is 0 Å². The molecule has 1 rings (SSSR count). The predicted molar refractivity (Wildman–Crippen MR) is 71.4 cm³/mol. The first kappa shape index (κ1) is 13.2. The number of aryl methyl sites for hydroxylation is 1. The fourth-order valence-corrected chi connectivity index (χ4v) is 2.10. The van der Waals surface area contributed by atoms with E-state index in [0.717, 1.165) is 6.54 Å². The van der Waals surface area contributed by atoms with Gasteiger partial charge < -0.3 is 5.73 Å². The van der Waals surface area contributed by atoms with Gasteiger partial charge in [-0.3, -0.25) is 0 Å². The Kier molecular flexibility index (Phi) is 5.01. The molecule has 0 aliphatic rings. The Labute approximate surface area is 100 Å². The van der Waals surface area contributed by atoms with E-state index in [0.29, 0.717) is 11.3 Å². The number of nitrogens with two attached hydrogens (primary N) is 1. The summed E-state index contributed by atoms with van der Waals surface area (Å²) in [6.07, 6.45) is 3.64. The van der Waals surface area contributed by atoms with Crippen molar-refractivity contribution in [2.75, 3.05) is 6.54 Å². The van der Waals surface area contributed by atoms with Crippen molar-refractivity contribution >= 4 is 0 Å². The zero-order valence-electron chi connectivity index (χ0n) is 10.9. The molecule has 1 aromatic carbocycles. The largest absolute Gasteiger partial charge is 0.330 e. The van der Waals surface area contributed by atoms with Crippen LogP contribution in [0.4, 0.5) is 0 Å². The Morgan fingerprint density at radius 2 is 1.75 bits per heavy atom. The van der Waals surface area contributed by atoms with Gasteiger partial charge in [0, 0.05) is 0 Å². The minimum Gasteiger partial charge on any atom is -0.330 e. The van der Waals surface area contributed by atoms with Crippen molar-refractivity contribution < 1.29 is 0 Å². The van der Waals surface area contributed by atoms with Crippen LogP contribution in [-0.2, 0) is 6.42 Å². The maximum absolute atomic E-state index is 5.84.